The Balaban J connectivity index is 2.45. The lowest BCUT2D eigenvalue weighted by atomic mass is 10.1. The molecule has 3 heteroatoms. The second kappa shape index (κ2) is 7.74. The van der Waals surface area contributed by atoms with Crippen molar-refractivity contribution in [1.29, 1.82) is 0 Å². The topological polar surface area (TPSA) is 30.5 Å². The van der Waals surface area contributed by atoms with Gasteiger partial charge in [-0.15, -0.1) is 6.58 Å². The molecule has 0 aliphatic heterocycles. The monoisotopic (exact) mass is 235 g/mol. The SMILES string of the molecule is C=CCCNCCc1ccc(OC)c(OC)c1. The van der Waals surface area contributed by atoms with E-state index < -0.39 is 0 Å². The van der Waals surface area contributed by atoms with Crippen LogP contribution in [0.15, 0.2) is 30.9 Å². The molecule has 0 bridgehead atoms. The number of hydrogen-bond donors (Lipinski definition) is 1. The molecule has 0 aliphatic rings. The lowest BCUT2D eigenvalue weighted by Gasteiger charge is -2.09. The van der Waals surface area contributed by atoms with Crippen LogP contribution in [0.5, 0.6) is 11.5 Å². The molecule has 0 saturated carbocycles. The quantitative estimate of drug-likeness (QED) is 0.554. The van der Waals surface area contributed by atoms with Crippen LogP contribution in [0.3, 0.4) is 0 Å². The summed E-state index contributed by atoms with van der Waals surface area (Å²) in [5, 5.41) is 3.36. The van der Waals surface area contributed by atoms with Crippen molar-refractivity contribution in [3.05, 3.63) is 36.4 Å². The second-order valence-corrected chi connectivity index (χ2v) is 3.77. The number of ether oxygens (including phenoxy) is 2. The summed E-state index contributed by atoms with van der Waals surface area (Å²) in [6.45, 7) is 5.63. The molecule has 1 aromatic rings. The first kappa shape index (κ1) is 13.6. The zero-order valence-corrected chi connectivity index (χ0v) is 10.7. The van der Waals surface area contributed by atoms with E-state index in [1.165, 1.54) is 5.56 Å². The molecule has 0 heterocycles. The van der Waals surface area contributed by atoms with Gasteiger partial charge in [-0.1, -0.05) is 12.1 Å². The summed E-state index contributed by atoms with van der Waals surface area (Å²) in [5.74, 6) is 1.56. The van der Waals surface area contributed by atoms with Crippen molar-refractivity contribution in [2.24, 2.45) is 0 Å². The molecule has 3 nitrogen and oxygen atoms in total. The maximum Gasteiger partial charge on any atom is 0.160 e. The van der Waals surface area contributed by atoms with E-state index in [4.69, 9.17) is 9.47 Å². The van der Waals surface area contributed by atoms with E-state index in [0.717, 1.165) is 37.4 Å². The maximum atomic E-state index is 5.26. The number of nitrogens with one attached hydrogen (secondary N) is 1. The summed E-state index contributed by atoms with van der Waals surface area (Å²) in [7, 11) is 3.30. The highest BCUT2D eigenvalue weighted by molar-refractivity contribution is 5.42. The predicted octanol–water partition coefficient (Wildman–Crippen LogP) is 2.41. The third kappa shape index (κ3) is 4.49. The van der Waals surface area contributed by atoms with Gasteiger partial charge in [-0.2, -0.15) is 0 Å². The summed E-state index contributed by atoms with van der Waals surface area (Å²) in [5.41, 5.74) is 1.24. The lowest BCUT2D eigenvalue weighted by molar-refractivity contribution is 0.354. The van der Waals surface area contributed by atoms with Crippen LogP contribution in [-0.4, -0.2) is 27.3 Å². The van der Waals surface area contributed by atoms with Crippen LogP contribution < -0.4 is 14.8 Å². The summed E-state index contributed by atoms with van der Waals surface area (Å²) in [6, 6.07) is 6.03. The highest BCUT2D eigenvalue weighted by atomic mass is 16.5. The molecule has 1 aromatic carbocycles. The van der Waals surface area contributed by atoms with Gasteiger partial charge in [0.15, 0.2) is 11.5 Å². The Morgan fingerprint density at radius 1 is 1.18 bits per heavy atom. The molecule has 0 aliphatic carbocycles. The molecular formula is C14H21NO2. The van der Waals surface area contributed by atoms with Gasteiger partial charge in [-0.25, -0.2) is 0 Å². The highest BCUT2D eigenvalue weighted by Crippen LogP contribution is 2.27. The van der Waals surface area contributed by atoms with Gasteiger partial charge in [0.2, 0.25) is 0 Å². The summed E-state index contributed by atoms with van der Waals surface area (Å²) >= 11 is 0. The molecule has 0 atom stereocenters. The molecule has 0 radical (unpaired) electrons. The van der Waals surface area contributed by atoms with Gasteiger partial charge < -0.3 is 14.8 Å². The largest absolute Gasteiger partial charge is 0.493 e. The van der Waals surface area contributed by atoms with Crippen LogP contribution in [0.4, 0.5) is 0 Å². The molecule has 1 N–H and O–H groups in total. The van der Waals surface area contributed by atoms with E-state index in [1.54, 1.807) is 14.2 Å². The van der Waals surface area contributed by atoms with Crippen molar-refractivity contribution in [3.63, 3.8) is 0 Å². The molecule has 0 spiro atoms. The van der Waals surface area contributed by atoms with Gasteiger partial charge in [0.1, 0.15) is 0 Å². The first-order valence-corrected chi connectivity index (χ1v) is 5.84. The van der Waals surface area contributed by atoms with Crippen LogP contribution >= 0.6 is 0 Å². The fraction of sp³-hybridized carbons (Fsp3) is 0.429. The van der Waals surface area contributed by atoms with E-state index in [1.807, 2.05) is 18.2 Å². The third-order valence-corrected chi connectivity index (χ3v) is 2.56. The highest BCUT2D eigenvalue weighted by Gasteiger charge is 2.03. The molecule has 0 unspecified atom stereocenters. The fourth-order valence-electron chi connectivity index (χ4n) is 1.60. The summed E-state index contributed by atoms with van der Waals surface area (Å²) in [4.78, 5) is 0. The standard InChI is InChI=1S/C14H21NO2/c1-4-5-9-15-10-8-12-6-7-13(16-2)14(11-12)17-3/h4,6-7,11,15H,1,5,8-10H2,2-3H3. The van der Waals surface area contributed by atoms with Gasteiger partial charge in [0.05, 0.1) is 14.2 Å². The average molecular weight is 235 g/mol. The normalized spacial score (nSPS) is 10.0. The maximum absolute atomic E-state index is 5.26. The molecule has 0 aromatic heterocycles. The Morgan fingerprint density at radius 2 is 1.94 bits per heavy atom. The van der Waals surface area contributed by atoms with Crippen LogP contribution in [0, 0.1) is 0 Å². The first-order chi connectivity index (χ1) is 8.31. The minimum Gasteiger partial charge on any atom is -0.493 e. The van der Waals surface area contributed by atoms with Crippen molar-refractivity contribution in [2.45, 2.75) is 12.8 Å². The molecule has 0 saturated heterocycles. The van der Waals surface area contributed by atoms with Crippen molar-refractivity contribution >= 4 is 0 Å². The number of rotatable bonds is 8. The molecule has 94 valence electrons. The van der Waals surface area contributed by atoms with E-state index in [9.17, 15) is 0 Å². The number of hydrogen-bond acceptors (Lipinski definition) is 3. The average Bonchev–Trinajstić information content (AvgIpc) is 2.38. The third-order valence-electron chi connectivity index (χ3n) is 2.56. The molecular weight excluding hydrogens is 214 g/mol. The minimum absolute atomic E-state index is 0.774. The van der Waals surface area contributed by atoms with Crippen LogP contribution in [-0.2, 0) is 6.42 Å². The zero-order chi connectivity index (χ0) is 12.5. The van der Waals surface area contributed by atoms with Crippen LogP contribution in [0.2, 0.25) is 0 Å². The molecule has 0 amide bonds. The molecule has 0 fully saturated rings. The Hall–Kier alpha value is -1.48. The summed E-state index contributed by atoms with van der Waals surface area (Å²) < 4.78 is 10.5. The van der Waals surface area contributed by atoms with E-state index >= 15 is 0 Å². The van der Waals surface area contributed by atoms with Crippen molar-refractivity contribution in [2.75, 3.05) is 27.3 Å². The lowest BCUT2D eigenvalue weighted by Crippen LogP contribution is -2.17. The zero-order valence-electron chi connectivity index (χ0n) is 10.7. The van der Waals surface area contributed by atoms with Crippen LogP contribution in [0.1, 0.15) is 12.0 Å². The molecule has 1 rings (SSSR count). The number of benzene rings is 1. The fourth-order valence-corrected chi connectivity index (χ4v) is 1.60. The van der Waals surface area contributed by atoms with Crippen molar-refractivity contribution in [1.82, 2.24) is 5.32 Å². The summed E-state index contributed by atoms with van der Waals surface area (Å²) in [6.07, 6.45) is 3.91. The van der Waals surface area contributed by atoms with Crippen molar-refractivity contribution in [3.8, 4) is 11.5 Å². The Kier molecular flexibility index (Phi) is 6.18. The van der Waals surface area contributed by atoms with E-state index in [0.29, 0.717) is 0 Å². The second-order valence-electron chi connectivity index (χ2n) is 3.77. The smallest absolute Gasteiger partial charge is 0.160 e. The van der Waals surface area contributed by atoms with Crippen molar-refractivity contribution < 1.29 is 9.47 Å². The number of methoxy groups -OCH3 is 2. The van der Waals surface area contributed by atoms with Gasteiger partial charge in [0.25, 0.3) is 0 Å². The minimum atomic E-state index is 0.774. The van der Waals surface area contributed by atoms with Gasteiger partial charge in [0, 0.05) is 0 Å². The van der Waals surface area contributed by atoms with E-state index in [-0.39, 0.29) is 0 Å². The Morgan fingerprint density at radius 3 is 2.59 bits per heavy atom. The van der Waals surface area contributed by atoms with E-state index in [2.05, 4.69) is 18.0 Å². The molecule has 17 heavy (non-hydrogen) atoms. The first-order valence-electron chi connectivity index (χ1n) is 5.84. The van der Waals surface area contributed by atoms with Gasteiger partial charge >= 0.3 is 0 Å². The van der Waals surface area contributed by atoms with Crippen LogP contribution in [0.25, 0.3) is 0 Å². The Bertz CT molecular complexity index is 350. The van der Waals surface area contributed by atoms with Gasteiger partial charge in [-0.3, -0.25) is 0 Å². The Labute approximate surface area is 103 Å². The predicted molar refractivity (Wildman–Crippen MR) is 70.9 cm³/mol. The van der Waals surface area contributed by atoms with Gasteiger partial charge in [-0.05, 0) is 43.6 Å².